The average Bonchev–Trinajstić information content (AvgIpc) is 2.58. The number of unbranched alkanes of at least 4 members (excludes halogenated alkanes) is 1. The molecule has 8 nitrogen and oxygen atoms in total. The van der Waals surface area contributed by atoms with E-state index in [2.05, 4.69) is 25.9 Å². The van der Waals surface area contributed by atoms with Crippen molar-refractivity contribution in [2.45, 2.75) is 19.8 Å². The topological polar surface area (TPSA) is 108 Å². The Morgan fingerprint density at radius 3 is 2.80 bits per heavy atom. The van der Waals surface area contributed by atoms with E-state index < -0.39 is 6.03 Å². The minimum Gasteiger partial charge on any atom is -0.497 e. The second-order valence-corrected chi connectivity index (χ2v) is 5.39. The van der Waals surface area contributed by atoms with E-state index in [1.807, 2.05) is 6.92 Å². The van der Waals surface area contributed by atoms with Gasteiger partial charge in [0.15, 0.2) is 0 Å². The molecule has 0 aliphatic carbocycles. The lowest BCUT2D eigenvalue weighted by atomic mass is 10.3. The summed E-state index contributed by atoms with van der Waals surface area (Å²) in [6.07, 6.45) is 1.56. The molecule has 1 aromatic heterocycles. The first-order chi connectivity index (χ1) is 12.1. The van der Waals surface area contributed by atoms with Crippen LogP contribution in [0.4, 0.5) is 22.2 Å². The molecule has 0 bridgehead atoms. The number of aliphatic hydroxyl groups excluding tert-OH is 1. The molecule has 0 unspecified atom stereocenters. The number of methoxy groups -OCH3 is 1. The molecule has 1 heterocycles. The number of aryl methyl sites for hydroxylation is 1. The van der Waals surface area contributed by atoms with Gasteiger partial charge in [0.05, 0.1) is 7.11 Å². The molecular weight excluding hydrogens is 322 g/mol. The van der Waals surface area contributed by atoms with E-state index in [-0.39, 0.29) is 12.6 Å². The predicted molar refractivity (Wildman–Crippen MR) is 97.2 cm³/mol. The number of anilines is 3. The van der Waals surface area contributed by atoms with Crippen LogP contribution in [0.25, 0.3) is 0 Å². The number of carbonyl (C=O) groups excluding carboxylic acids is 1. The van der Waals surface area contributed by atoms with E-state index in [9.17, 15) is 4.79 Å². The first kappa shape index (κ1) is 18.5. The summed E-state index contributed by atoms with van der Waals surface area (Å²) in [5.74, 6) is 1.49. The third-order valence-corrected chi connectivity index (χ3v) is 3.30. The molecule has 0 fully saturated rings. The highest BCUT2D eigenvalue weighted by Crippen LogP contribution is 2.17. The van der Waals surface area contributed by atoms with Crippen LogP contribution in [0.15, 0.2) is 30.3 Å². The Labute approximate surface area is 146 Å². The van der Waals surface area contributed by atoms with E-state index >= 15 is 0 Å². The molecule has 8 heteroatoms. The molecular formula is C17H23N5O3. The Balaban J connectivity index is 1.96. The first-order valence-electron chi connectivity index (χ1n) is 8.03. The zero-order chi connectivity index (χ0) is 18.1. The second-order valence-electron chi connectivity index (χ2n) is 5.39. The maximum absolute atomic E-state index is 12.1. The summed E-state index contributed by atoms with van der Waals surface area (Å²) < 4.78 is 5.12. The van der Waals surface area contributed by atoms with Crippen LogP contribution in [-0.2, 0) is 0 Å². The summed E-state index contributed by atoms with van der Waals surface area (Å²) in [4.78, 5) is 20.6. The van der Waals surface area contributed by atoms with E-state index in [0.29, 0.717) is 23.8 Å². The zero-order valence-electron chi connectivity index (χ0n) is 14.4. The number of urea groups is 1. The Morgan fingerprint density at radius 1 is 1.20 bits per heavy atom. The van der Waals surface area contributed by atoms with Crippen LogP contribution in [0.1, 0.15) is 18.5 Å². The molecule has 2 rings (SSSR count). The van der Waals surface area contributed by atoms with Crippen molar-refractivity contribution in [3.63, 3.8) is 0 Å². The largest absolute Gasteiger partial charge is 0.497 e. The molecule has 0 saturated heterocycles. The van der Waals surface area contributed by atoms with Gasteiger partial charge in [-0.2, -0.15) is 4.98 Å². The van der Waals surface area contributed by atoms with Gasteiger partial charge in [-0.15, -0.1) is 0 Å². The number of hydrogen-bond donors (Lipinski definition) is 4. The number of nitrogens with zero attached hydrogens (tertiary/aromatic N) is 2. The van der Waals surface area contributed by atoms with Gasteiger partial charge in [-0.25, -0.2) is 9.78 Å². The fourth-order valence-corrected chi connectivity index (χ4v) is 2.13. The van der Waals surface area contributed by atoms with Gasteiger partial charge in [0.25, 0.3) is 0 Å². The highest BCUT2D eigenvalue weighted by molar-refractivity contribution is 5.98. The van der Waals surface area contributed by atoms with E-state index in [4.69, 9.17) is 9.84 Å². The molecule has 0 aliphatic rings. The highest BCUT2D eigenvalue weighted by atomic mass is 16.5. The maximum Gasteiger partial charge on any atom is 0.326 e. The number of amides is 2. The van der Waals surface area contributed by atoms with Crippen molar-refractivity contribution in [2.75, 3.05) is 36.2 Å². The summed E-state index contributed by atoms with van der Waals surface area (Å²) >= 11 is 0. The van der Waals surface area contributed by atoms with E-state index in [1.165, 1.54) is 0 Å². The van der Waals surface area contributed by atoms with E-state index in [0.717, 1.165) is 18.5 Å². The molecule has 25 heavy (non-hydrogen) atoms. The van der Waals surface area contributed by atoms with Crippen molar-refractivity contribution in [1.29, 1.82) is 0 Å². The summed E-state index contributed by atoms with van der Waals surface area (Å²) in [7, 11) is 1.56. The summed E-state index contributed by atoms with van der Waals surface area (Å²) in [5.41, 5.74) is 1.34. The summed E-state index contributed by atoms with van der Waals surface area (Å²) in [6, 6.07) is 8.40. The van der Waals surface area contributed by atoms with Crippen molar-refractivity contribution < 1.29 is 14.6 Å². The van der Waals surface area contributed by atoms with Gasteiger partial charge in [0.2, 0.25) is 5.95 Å². The lowest BCUT2D eigenvalue weighted by molar-refractivity contribution is 0.262. The number of ether oxygens (including phenoxy) is 1. The van der Waals surface area contributed by atoms with Gasteiger partial charge in [-0.05, 0) is 31.9 Å². The molecule has 1 aromatic carbocycles. The van der Waals surface area contributed by atoms with Crippen LogP contribution in [0, 0.1) is 6.92 Å². The molecule has 134 valence electrons. The predicted octanol–water partition coefficient (Wildman–Crippen LogP) is 2.62. The number of aliphatic hydroxyl groups is 1. The van der Waals surface area contributed by atoms with Gasteiger partial charge in [-0.3, -0.25) is 5.32 Å². The normalized spacial score (nSPS) is 10.2. The van der Waals surface area contributed by atoms with Gasteiger partial charge in [0.1, 0.15) is 11.6 Å². The third kappa shape index (κ3) is 6.27. The molecule has 4 N–H and O–H groups in total. The van der Waals surface area contributed by atoms with Gasteiger partial charge in [-0.1, -0.05) is 6.07 Å². The zero-order valence-corrected chi connectivity index (χ0v) is 14.4. The minimum absolute atomic E-state index is 0.168. The molecule has 0 aliphatic heterocycles. The number of nitrogens with one attached hydrogen (secondary N) is 3. The maximum atomic E-state index is 12.1. The highest BCUT2D eigenvalue weighted by Gasteiger charge is 2.08. The quantitative estimate of drug-likeness (QED) is 0.548. The lowest BCUT2D eigenvalue weighted by Crippen LogP contribution is -2.21. The van der Waals surface area contributed by atoms with Gasteiger partial charge in [0, 0.05) is 36.7 Å². The Morgan fingerprint density at radius 2 is 2.04 bits per heavy atom. The van der Waals surface area contributed by atoms with Gasteiger partial charge >= 0.3 is 6.03 Å². The fourth-order valence-electron chi connectivity index (χ4n) is 2.13. The van der Waals surface area contributed by atoms with Crippen molar-refractivity contribution in [1.82, 2.24) is 9.97 Å². The van der Waals surface area contributed by atoms with Crippen LogP contribution in [0.5, 0.6) is 5.75 Å². The van der Waals surface area contributed by atoms with Crippen molar-refractivity contribution in [3.8, 4) is 5.75 Å². The third-order valence-electron chi connectivity index (χ3n) is 3.30. The lowest BCUT2D eigenvalue weighted by Gasteiger charge is -2.10. The van der Waals surface area contributed by atoms with Crippen molar-refractivity contribution in [2.24, 2.45) is 0 Å². The molecule has 2 amide bonds. The van der Waals surface area contributed by atoms with Crippen molar-refractivity contribution in [3.05, 3.63) is 36.0 Å². The van der Waals surface area contributed by atoms with Crippen LogP contribution < -0.4 is 20.7 Å². The second kappa shape index (κ2) is 9.43. The van der Waals surface area contributed by atoms with Gasteiger partial charge < -0.3 is 20.5 Å². The van der Waals surface area contributed by atoms with Crippen LogP contribution in [-0.4, -0.2) is 41.4 Å². The van der Waals surface area contributed by atoms with Crippen molar-refractivity contribution >= 4 is 23.5 Å². The van der Waals surface area contributed by atoms with E-state index in [1.54, 1.807) is 37.4 Å². The molecule has 2 aromatic rings. The monoisotopic (exact) mass is 345 g/mol. The average molecular weight is 345 g/mol. The fraction of sp³-hybridized carbons (Fsp3) is 0.353. The molecule has 0 spiro atoms. The SMILES string of the molecule is COc1cccc(NC(=O)Nc2nc(C)cc(NCCCCO)n2)c1. The number of rotatable bonds is 8. The summed E-state index contributed by atoms with van der Waals surface area (Å²) in [6.45, 7) is 2.68. The Kier molecular flexibility index (Phi) is 6.97. The first-order valence-corrected chi connectivity index (χ1v) is 8.03. The number of carbonyl (C=O) groups is 1. The molecule has 0 atom stereocenters. The number of hydrogen-bond acceptors (Lipinski definition) is 6. The standard InChI is InChI=1S/C17H23N5O3/c1-12-10-15(18-8-3-4-9-23)21-16(19-12)22-17(24)20-13-6-5-7-14(11-13)25-2/h5-7,10-11,23H,3-4,8-9H2,1-2H3,(H3,18,19,20,21,22,24). The van der Waals surface area contributed by atoms with Crippen LogP contribution in [0.2, 0.25) is 0 Å². The number of benzene rings is 1. The Hall–Kier alpha value is -2.87. The molecule has 0 saturated carbocycles. The van der Waals surface area contributed by atoms with Crippen LogP contribution >= 0.6 is 0 Å². The minimum atomic E-state index is -0.440. The molecule has 0 radical (unpaired) electrons. The number of aromatic nitrogens is 2. The Bertz CT molecular complexity index is 708. The smallest absolute Gasteiger partial charge is 0.326 e. The summed E-state index contributed by atoms with van der Waals surface area (Å²) in [5, 5.41) is 17.3. The van der Waals surface area contributed by atoms with Crippen LogP contribution in [0.3, 0.4) is 0 Å².